The van der Waals surface area contributed by atoms with E-state index in [0.29, 0.717) is 17.7 Å². The largest absolute Gasteiger partial charge is 0.479 e. The van der Waals surface area contributed by atoms with Crippen molar-refractivity contribution < 1.29 is 37.0 Å². The lowest BCUT2D eigenvalue weighted by atomic mass is 9.86. The first-order valence-electron chi connectivity index (χ1n) is 4.92. The third-order valence-corrected chi connectivity index (χ3v) is 2.59. The second-order valence-corrected chi connectivity index (χ2v) is 3.95. The van der Waals surface area contributed by atoms with Crippen molar-refractivity contribution in [3.63, 3.8) is 0 Å². The van der Waals surface area contributed by atoms with Gasteiger partial charge in [-0.3, -0.25) is 0 Å². The number of rotatable bonds is 3. The minimum atomic E-state index is -6.20. The summed E-state index contributed by atoms with van der Waals surface area (Å²) in [4.78, 5) is 10.8. The molecule has 0 saturated carbocycles. The molecule has 0 aliphatic rings. The van der Waals surface area contributed by atoms with Crippen LogP contribution < -0.4 is 0 Å². The smallest absolute Gasteiger partial charge is 0.457 e. The Morgan fingerprint density at radius 2 is 1.47 bits per heavy atom. The van der Waals surface area contributed by atoms with Gasteiger partial charge in [0.15, 0.2) is 0 Å². The molecule has 0 aliphatic carbocycles. The van der Waals surface area contributed by atoms with Crippen molar-refractivity contribution in [3.05, 3.63) is 35.4 Å². The van der Waals surface area contributed by atoms with Crippen molar-refractivity contribution in [3.8, 4) is 0 Å². The lowest BCUT2D eigenvalue weighted by molar-refractivity contribution is -0.340. The van der Waals surface area contributed by atoms with Crippen LogP contribution in [0.25, 0.3) is 0 Å². The van der Waals surface area contributed by atoms with Gasteiger partial charge in [-0.1, -0.05) is 29.8 Å². The zero-order valence-electron chi connectivity index (χ0n) is 9.50. The van der Waals surface area contributed by atoms with Gasteiger partial charge in [0.1, 0.15) is 0 Å². The fourth-order valence-corrected chi connectivity index (χ4v) is 1.44. The quantitative estimate of drug-likeness (QED) is 0.838. The molecule has 0 saturated heterocycles. The number of benzene rings is 1. The molecule has 106 valence electrons. The Hall–Kier alpha value is -1.70. The number of hydrogen-bond acceptors (Lipinski definition) is 2. The Morgan fingerprint density at radius 3 is 1.79 bits per heavy atom. The zero-order chi connectivity index (χ0) is 15.1. The summed E-state index contributed by atoms with van der Waals surface area (Å²) in [5.41, 5.74) is -4.92. The molecule has 0 radical (unpaired) electrons. The maximum absolute atomic E-state index is 13.3. The van der Waals surface area contributed by atoms with Crippen molar-refractivity contribution >= 4 is 5.97 Å². The van der Waals surface area contributed by atoms with Crippen LogP contribution in [0, 0.1) is 6.92 Å². The topological polar surface area (TPSA) is 57.5 Å². The van der Waals surface area contributed by atoms with Crippen LogP contribution in [0.5, 0.6) is 0 Å². The molecule has 1 rings (SSSR count). The summed E-state index contributed by atoms with van der Waals surface area (Å²) in [6, 6.07) is 3.66. The molecule has 8 heteroatoms. The van der Waals surface area contributed by atoms with Crippen LogP contribution in [0.15, 0.2) is 24.3 Å². The minimum Gasteiger partial charge on any atom is -0.479 e. The van der Waals surface area contributed by atoms with Crippen molar-refractivity contribution in [1.82, 2.24) is 0 Å². The summed E-state index contributed by atoms with van der Waals surface area (Å²) in [6.07, 6.45) is -6.20. The van der Waals surface area contributed by atoms with E-state index in [2.05, 4.69) is 0 Å². The third-order valence-electron chi connectivity index (χ3n) is 2.59. The van der Waals surface area contributed by atoms with E-state index in [-0.39, 0.29) is 0 Å². The summed E-state index contributed by atoms with van der Waals surface area (Å²) in [6.45, 7) is 1.52. The first-order chi connectivity index (χ1) is 8.44. The highest BCUT2D eigenvalue weighted by Crippen LogP contribution is 2.48. The van der Waals surface area contributed by atoms with E-state index >= 15 is 0 Å². The fraction of sp³-hybridized carbons (Fsp3) is 0.364. The van der Waals surface area contributed by atoms with E-state index < -0.39 is 29.2 Å². The van der Waals surface area contributed by atoms with Crippen LogP contribution >= 0.6 is 0 Å². The standard InChI is InChI=1S/C11H9F5O3/c1-6-2-4-7(5-3-6)9(19,8(17)18)10(12,13)11(14,15)16/h2-5,19H,1H3,(H,17,18)/t9-/m0/s1. The highest BCUT2D eigenvalue weighted by Gasteiger charge is 2.74. The van der Waals surface area contributed by atoms with Gasteiger partial charge in [-0.25, -0.2) is 4.79 Å². The summed E-state index contributed by atoms with van der Waals surface area (Å²) < 4.78 is 63.4. The molecule has 0 aromatic heterocycles. The maximum Gasteiger partial charge on any atom is 0.457 e. The van der Waals surface area contributed by atoms with Crippen molar-refractivity contribution in [2.45, 2.75) is 24.6 Å². The number of aliphatic carboxylic acids is 1. The lowest BCUT2D eigenvalue weighted by Crippen LogP contribution is -2.59. The molecule has 2 N–H and O–H groups in total. The molecule has 0 unspecified atom stereocenters. The molecule has 3 nitrogen and oxygen atoms in total. The van der Waals surface area contributed by atoms with Crippen LogP contribution in [0.2, 0.25) is 0 Å². The number of carbonyl (C=O) groups is 1. The Labute approximate surface area is 104 Å². The zero-order valence-corrected chi connectivity index (χ0v) is 9.50. The van der Waals surface area contributed by atoms with Crippen molar-refractivity contribution in [2.24, 2.45) is 0 Å². The number of carboxylic acids is 1. The maximum atomic E-state index is 13.3. The van der Waals surface area contributed by atoms with Crippen LogP contribution in [0.1, 0.15) is 11.1 Å². The van der Waals surface area contributed by atoms with E-state index in [1.54, 1.807) is 0 Å². The van der Waals surface area contributed by atoms with E-state index in [1.807, 2.05) is 0 Å². The minimum absolute atomic E-state index is 0.506. The molecule has 1 aromatic carbocycles. The van der Waals surface area contributed by atoms with Crippen LogP contribution in [0.3, 0.4) is 0 Å². The molecule has 0 fully saturated rings. The van der Waals surface area contributed by atoms with Crippen molar-refractivity contribution in [2.75, 3.05) is 0 Å². The second-order valence-electron chi connectivity index (χ2n) is 3.95. The summed E-state index contributed by atoms with van der Waals surface area (Å²) in [5, 5.41) is 18.1. The number of carboxylic acid groups (broad SMARTS) is 1. The predicted molar refractivity (Wildman–Crippen MR) is 53.7 cm³/mol. The molecule has 0 heterocycles. The highest BCUT2D eigenvalue weighted by molar-refractivity contribution is 5.81. The van der Waals surface area contributed by atoms with Gasteiger partial charge in [0, 0.05) is 5.56 Å². The van der Waals surface area contributed by atoms with Gasteiger partial charge < -0.3 is 10.2 Å². The third kappa shape index (κ3) is 2.27. The molecule has 19 heavy (non-hydrogen) atoms. The highest BCUT2D eigenvalue weighted by atomic mass is 19.4. The Morgan fingerprint density at radius 1 is 1.05 bits per heavy atom. The molecular formula is C11H9F5O3. The molecule has 1 atom stereocenters. The number of halogens is 5. The van der Waals surface area contributed by atoms with E-state index in [9.17, 15) is 31.9 Å². The van der Waals surface area contributed by atoms with E-state index in [0.717, 1.165) is 12.1 Å². The average Bonchev–Trinajstić information content (AvgIpc) is 2.26. The van der Waals surface area contributed by atoms with Crippen LogP contribution in [-0.4, -0.2) is 28.3 Å². The predicted octanol–water partition coefficient (Wildman–Crippen LogP) is 2.46. The first kappa shape index (κ1) is 15.4. The van der Waals surface area contributed by atoms with Gasteiger partial charge in [-0.2, -0.15) is 22.0 Å². The molecule has 0 aliphatic heterocycles. The van der Waals surface area contributed by atoms with Crippen LogP contribution in [-0.2, 0) is 10.4 Å². The molecule has 1 aromatic rings. The monoisotopic (exact) mass is 284 g/mol. The number of alkyl halides is 5. The average molecular weight is 284 g/mol. The van der Waals surface area contributed by atoms with Gasteiger partial charge >= 0.3 is 18.1 Å². The van der Waals surface area contributed by atoms with Crippen LogP contribution in [0.4, 0.5) is 22.0 Å². The van der Waals surface area contributed by atoms with Gasteiger partial charge in [-0.05, 0) is 6.92 Å². The fourth-order valence-electron chi connectivity index (χ4n) is 1.44. The molecular weight excluding hydrogens is 275 g/mol. The number of aryl methyl sites for hydroxylation is 1. The SMILES string of the molecule is Cc1ccc([C@](O)(C(=O)O)C(F)(F)C(F)(F)F)cc1. The van der Waals surface area contributed by atoms with Gasteiger partial charge in [-0.15, -0.1) is 0 Å². The Bertz CT molecular complexity index is 480. The normalized spacial score (nSPS) is 15.9. The molecule has 0 spiro atoms. The van der Waals surface area contributed by atoms with Crippen molar-refractivity contribution in [1.29, 1.82) is 0 Å². The van der Waals surface area contributed by atoms with Gasteiger partial charge in [0.25, 0.3) is 5.60 Å². The number of aliphatic hydroxyl groups is 1. The Balaban J connectivity index is 3.50. The van der Waals surface area contributed by atoms with E-state index in [4.69, 9.17) is 5.11 Å². The molecule has 0 amide bonds. The summed E-state index contributed by atoms with van der Waals surface area (Å²) in [7, 11) is 0. The van der Waals surface area contributed by atoms with Gasteiger partial charge in [0.05, 0.1) is 0 Å². The first-order valence-corrected chi connectivity index (χ1v) is 4.92. The van der Waals surface area contributed by atoms with Gasteiger partial charge in [0.2, 0.25) is 0 Å². The number of hydrogen-bond donors (Lipinski definition) is 2. The summed E-state index contributed by atoms with van der Waals surface area (Å²) >= 11 is 0. The second kappa shape index (κ2) is 4.44. The molecule has 0 bridgehead atoms. The Kier molecular flexibility index (Phi) is 3.59. The van der Waals surface area contributed by atoms with E-state index in [1.165, 1.54) is 6.92 Å². The summed E-state index contributed by atoms with van der Waals surface area (Å²) in [5.74, 6) is -8.51. The lowest BCUT2D eigenvalue weighted by Gasteiger charge is -2.33.